The average Bonchev–Trinajstić information content (AvgIpc) is 2.27. The van der Waals surface area contributed by atoms with Gasteiger partial charge in [0.25, 0.3) is 0 Å². The molecule has 0 saturated carbocycles. The monoisotopic (exact) mass is 155 g/mol. The van der Waals surface area contributed by atoms with Crippen molar-refractivity contribution in [2.75, 3.05) is 7.11 Å². The fraction of sp³-hybridized carbons (Fsp3) is 0.625. The van der Waals surface area contributed by atoms with Gasteiger partial charge in [-0.2, -0.15) is 0 Å². The van der Waals surface area contributed by atoms with Gasteiger partial charge in [0.05, 0.1) is 7.11 Å². The summed E-state index contributed by atoms with van der Waals surface area (Å²) in [5.41, 5.74) is -0.411. The smallest absolute Gasteiger partial charge is 0.210 e. The second-order valence-electron chi connectivity index (χ2n) is 2.76. The predicted octanol–water partition coefficient (Wildman–Crippen LogP) is 1.69. The minimum Gasteiger partial charge on any atom is -0.497 e. The van der Waals surface area contributed by atoms with Crippen LogP contribution in [0.1, 0.15) is 20.3 Å². The van der Waals surface area contributed by atoms with Gasteiger partial charge in [-0.3, -0.25) is 5.41 Å². The van der Waals surface area contributed by atoms with Gasteiger partial charge in [-0.05, 0) is 13.3 Å². The van der Waals surface area contributed by atoms with Crippen molar-refractivity contribution < 1.29 is 9.47 Å². The van der Waals surface area contributed by atoms with Crippen LogP contribution in [0.5, 0.6) is 0 Å². The lowest BCUT2D eigenvalue weighted by Gasteiger charge is -2.24. The van der Waals surface area contributed by atoms with Gasteiger partial charge in [0.15, 0.2) is 5.60 Å². The van der Waals surface area contributed by atoms with Crippen molar-refractivity contribution >= 4 is 5.90 Å². The van der Waals surface area contributed by atoms with Crippen molar-refractivity contribution in [2.24, 2.45) is 0 Å². The summed E-state index contributed by atoms with van der Waals surface area (Å²) in [5.74, 6) is 0.927. The van der Waals surface area contributed by atoms with E-state index in [0.29, 0.717) is 0 Å². The van der Waals surface area contributed by atoms with Gasteiger partial charge in [0.2, 0.25) is 5.90 Å². The predicted molar refractivity (Wildman–Crippen MR) is 42.6 cm³/mol. The molecule has 3 heteroatoms. The van der Waals surface area contributed by atoms with Crippen LogP contribution in [0.3, 0.4) is 0 Å². The number of hydrogen-bond donors (Lipinski definition) is 1. The second kappa shape index (κ2) is 2.57. The summed E-state index contributed by atoms with van der Waals surface area (Å²) in [7, 11) is 1.60. The summed E-state index contributed by atoms with van der Waals surface area (Å²) in [6.45, 7) is 3.93. The van der Waals surface area contributed by atoms with E-state index in [2.05, 4.69) is 0 Å². The molecule has 1 atom stereocenters. The minimum absolute atomic E-state index is 0.186. The molecule has 0 fully saturated rings. The maximum atomic E-state index is 7.26. The number of nitrogens with one attached hydrogen (secondary N) is 1. The van der Waals surface area contributed by atoms with Crippen LogP contribution in [-0.2, 0) is 9.47 Å². The highest BCUT2D eigenvalue weighted by molar-refractivity contribution is 5.88. The molecule has 0 aromatic heterocycles. The highest BCUT2D eigenvalue weighted by atomic mass is 16.6. The summed E-state index contributed by atoms with van der Waals surface area (Å²) in [5, 5.41) is 7.26. The Bertz CT molecular complexity index is 210. The Hall–Kier alpha value is -0.990. The molecular weight excluding hydrogens is 142 g/mol. The number of hydrogen-bond acceptors (Lipinski definition) is 3. The molecule has 1 aliphatic rings. The van der Waals surface area contributed by atoms with Crippen LogP contribution in [0.15, 0.2) is 11.8 Å². The molecule has 0 saturated heterocycles. The summed E-state index contributed by atoms with van der Waals surface area (Å²) < 4.78 is 10.4. The largest absolute Gasteiger partial charge is 0.497 e. The van der Waals surface area contributed by atoms with E-state index in [0.717, 1.165) is 12.2 Å². The molecular formula is C8H13NO2. The molecule has 3 nitrogen and oxygen atoms in total. The molecule has 1 unspecified atom stereocenters. The van der Waals surface area contributed by atoms with Gasteiger partial charge in [0.1, 0.15) is 5.76 Å². The summed E-state index contributed by atoms with van der Waals surface area (Å²) >= 11 is 0. The van der Waals surface area contributed by atoms with E-state index in [1.165, 1.54) is 0 Å². The molecule has 0 bridgehead atoms. The quantitative estimate of drug-likeness (QED) is 0.659. The first-order valence-electron chi connectivity index (χ1n) is 3.66. The molecule has 0 aromatic carbocycles. The zero-order valence-electron chi connectivity index (χ0n) is 7.10. The van der Waals surface area contributed by atoms with E-state index in [1.807, 2.05) is 13.8 Å². The van der Waals surface area contributed by atoms with Crippen molar-refractivity contribution in [1.82, 2.24) is 0 Å². The van der Waals surface area contributed by atoms with Crippen LogP contribution in [-0.4, -0.2) is 18.6 Å². The van der Waals surface area contributed by atoms with Gasteiger partial charge in [-0.25, -0.2) is 0 Å². The third-order valence-electron chi connectivity index (χ3n) is 2.01. The number of ether oxygens (including phenoxy) is 2. The molecule has 0 radical (unpaired) electrons. The Morgan fingerprint density at radius 3 is 2.73 bits per heavy atom. The normalized spacial score (nSPS) is 29.7. The zero-order valence-corrected chi connectivity index (χ0v) is 7.10. The van der Waals surface area contributed by atoms with E-state index in [-0.39, 0.29) is 5.90 Å². The Labute approximate surface area is 66.5 Å². The lowest BCUT2D eigenvalue weighted by molar-refractivity contribution is 0.0639. The van der Waals surface area contributed by atoms with E-state index in [1.54, 1.807) is 13.2 Å². The first-order chi connectivity index (χ1) is 5.12. The highest BCUT2D eigenvalue weighted by Crippen LogP contribution is 2.30. The van der Waals surface area contributed by atoms with E-state index in [9.17, 15) is 0 Å². The van der Waals surface area contributed by atoms with Gasteiger partial charge in [-0.15, -0.1) is 0 Å². The van der Waals surface area contributed by atoms with Crippen molar-refractivity contribution in [3.63, 3.8) is 0 Å². The van der Waals surface area contributed by atoms with Crippen LogP contribution in [0.25, 0.3) is 0 Å². The van der Waals surface area contributed by atoms with Crippen LogP contribution >= 0.6 is 0 Å². The summed E-state index contributed by atoms with van der Waals surface area (Å²) in [4.78, 5) is 0. The van der Waals surface area contributed by atoms with Crippen molar-refractivity contribution in [3.05, 3.63) is 11.8 Å². The summed E-state index contributed by atoms with van der Waals surface area (Å²) in [6.07, 6.45) is 2.43. The fourth-order valence-corrected chi connectivity index (χ4v) is 1.12. The van der Waals surface area contributed by atoms with Crippen LogP contribution < -0.4 is 0 Å². The first kappa shape index (κ1) is 8.11. The molecule has 62 valence electrons. The first-order valence-corrected chi connectivity index (χ1v) is 3.66. The van der Waals surface area contributed by atoms with E-state index < -0.39 is 5.60 Å². The molecule has 0 amide bonds. The highest BCUT2D eigenvalue weighted by Gasteiger charge is 2.36. The molecule has 1 heterocycles. The number of rotatable bonds is 2. The van der Waals surface area contributed by atoms with E-state index >= 15 is 0 Å². The fourth-order valence-electron chi connectivity index (χ4n) is 1.12. The maximum Gasteiger partial charge on any atom is 0.210 e. The van der Waals surface area contributed by atoms with Gasteiger partial charge in [0, 0.05) is 6.08 Å². The Kier molecular flexibility index (Phi) is 1.89. The van der Waals surface area contributed by atoms with Crippen molar-refractivity contribution in [3.8, 4) is 0 Å². The maximum absolute atomic E-state index is 7.26. The SMILES string of the molecule is CCC1(C)OC(=N)C=C1OC. The zero-order chi connectivity index (χ0) is 8.48. The summed E-state index contributed by atoms with van der Waals surface area (Å²) in [6, 6.07) is 0. The standard InChI is InChI=1S/C8H13NO2/c1-4-8(2)6(10-3)5-7(9)11-8/h5,9H,4H2,1-3H3. The molecule has 1 aliphatic heterocycles. The van der Waals surface area contributed by atoms with Gasteiger partial charge >= 0.3 is 0 Å². The molecule has 1 rings (SSSR count). The van der Waals surface area contributed by atoms with Gasteiger partial charge < -0.3 is 9.47 Å². The Morgan fingerprint density at radius 1 is 1.73 bits per heavy atom. The van der Waals surface area contributed by atoms with Crippen molar-refractivity contribution in [1.29, 1.82) is 5.41 Å². The van der Waals surface area contributed by atoms with Crippen LogP contribution in [0.4, 0.5) is 0 Å². The molecule has 11 heavy (non-hydrogen) atoms. The third kappa shape index (κ3) is 1.23. The molecule has 0 aromatic rings. The van der Waals surface area contributed by atoms with Crippen molar-refractivity contribution in [2.45, 2.75) is 25.9 Å². The Balaban J connectivity index is 2.86. The van der Waals surface area contributed by atoms with E-state index in [4.69, 9.17) is 14.9 Å². The molecule has 0 aliphatic carbocycles. The second-order valence-corrected chi connectivity index (χ2v) is 2.76. The average molecular weight is 155 g/mol. The lowest BCUT2D eigenvalue weighted by Crippen LogP contribution is -2.27. The van der Waals surface area contributed by atoms with Crippen LogP contribution in [0, 0.1) is 5.41 Å². The Morgan fingerprint density at radius 2 is 2.36 bits per heavy atom. The third-order valence-corrected chi connectivity index (χ3v) is 2.01. The molecule has 0 spiro atoms. The molecule has 1 N–H and O–H groups in total. The topological polar surface area (TPSA) is 42.3 Å². The lowest BCUT2D eigenvalue weighted by atomic mass is 10.0. The number of methoxy groups -OCH3 is 1. The van der Waals surface area contributed by atoms with Crippen LogP contribution in [0.2, 0.25) is 0 Å². The minimum atomic E-state index is -0.411. The van der Waals surface area contributed by atoms with Gasteiger partial charge in [-0.1, -0.05) is 6.92 Å².